The Hall–Kier alpha value is -1.19. The van der Waals surface area contributed by atoms with Crippen molar-refractivity contribution >= 4 is 52.5 Å². The maximum absolute atomic E-state index is 6.14. The van der Waals surface area contributed by atoms with Gasteiger partial charge in [0.25, 0.3) is 0 Å². The van der Waals surface area contributed by atoms with Crippen LogP contribution in [0.5, 0.6) is 0 Å². The van der Waals surface area contributed by atoms with Crippen molar-refractivity contribution in [3.05, 3.63) is 58.6 Å². The lowest BCUT2D eigenvalue weighted by Gasteiger charge is -2.11. The van der Waals surface area contributed by atoms with Gasteiger partial charge in [-0.1, -0.05) is 29.3 Å². The van der Waals surface area contributed by atoms with Crippen molar-refractivity contribution < 1.29 is 0 Å². The lowest BCUT2D eigenvalue weighted by Crippen LogP contribution is -1.86. The lowest BCUT2D eigenvalue weighted by molar-refractivity contribution is 1.35. The maximum atomic E-state index is 6.14. The molecule has 0 amide bonds. The van der Waals surface area contributed by atoms with Crippen LogP contribution in [-0.4, -0.2) is 17.5 Å². The standard InChI is InChI=1S/C17H15ClN2S2/c1-12-2-5-14(6-3-12)19-11-20-16-7-4-13(18)10-15(16)17-21-8-9-22-17/h2-7,10,17H,8-9H2,1H3. The Morgan fingerprint density at radius 2 is 1.77 bits per heavy atom. The van der Waals surface area contributed by atoms with Crippen molar-refractivity contribution in [2.75, 3.05) is 11.5 Å². The molecule has 0 saturated carbocycles. The molecule has 1 aliphatic heterocycles. The molecular formula is C17H15ClN2S2. The third-order valence-corrected chi connectivity index (χ3v) is 6.55. The number of thioether (sulfide) groups is 2. The Morgan fingerprint density at radius 3 is 2.50 bits per heavy atom. The van der Waals surface area contributed by atoms with Crippen LogP contribution in [0.4, 0.5) is 11.4 Å². The fourth-order valence-corrected chi connectivity index (χ4v) is 5.19. The van der Waals surface area contributed by atoms with Crippen LogP contribution in [0.3, 0.4) is 0 Å². The summed E-state index contributed by atoms with van der Waals surface area (Å²) in [5.41, 5.74) is 4.12. The minimum absolute atomic E-state index is 0.402. The molecule has 0 spiro atoms. The molecule has 0 N–H and O–H groups in total. The number of hydrogen-bond acceptors (Lipinski definition) is 4. The number of nitrogens with zero attached hydrogens (tertiary/aromatic N) is 2. The van der Waals surface area contributed by atoms with Crippen LogP contribution in [0.1, 0.15) is 15.7 Å². The number of halogens is 1. The number of aryl methyl sites for hydroxylation is 1. The maximum Gasteiger partial charge on any atom is 0.100 e. The van der Waals surface area contributed by atoms with Gasteiger partial charge in [0.2, 0.25) is 0 Å². The van der Waals surface area contributed by atoms with Gasteiger partial charge in [0.15, 0.2) is 0 Å². The Balaban J connectivity index is 1.87. The minimum Gasteiger partial charge on any atom is -0.188 e. The monoisotopic (exact) mass is 346 g/mol. The van der Waals surface area contributed by atoms with Crippen LogP contribution in [0.2, 0.25) is 5.02 Å². The van der Waals surface area contributed by atoms with E-state index in [4.69, 9.17) is 11.6 Å². The van der Waals surface area contributed by atoms with E-state index in [1.165, 1.54) is 17.1 Å². The van der Waals surface area contributed by atoms with Crippen molar-refractivity contribution in [2.24, 2.45) is 9.98 Å². The van der Waals surface area contributed by atoms with Crippen LogP contribution < -0.4 is 0 Å². The molecule has 0 atom stereocenters. The van der Waals surface area contributed by atoms with Gasteiger partial charge in [0.1, 0.15) is 6.01 Å². The lowest BCUT2D eigenvalue weighted by atomic mass is 10.2. The molecule has 3 rings (SSSR count). The SMILES string of the molecule is Cc1ccc(N=C=Nc2ccc(Cl)cc2C2SCCS2)cc1. The minimum atomic E-state index is 0.402. The van der Waals surface area contributed by atoms with Crippen molar-refractivity contribution in [2.45, 2.75) is 11.5 Å². The van der Waals surface area contributed by atoms with E-state index in [9.17, 15) is 0 Å². The third kappa shape index (κ3) is 3.96. The Bertz CT molecular complexity index is 716. The predicted octanol–water partition coefficient (Wildman–Crippen LogP) is 6.26. The number of hydrogen-bond donors (Lipinski definition) is 0. The average Bonchev–Trinajstić information content (AvgIpc) is 3.05. The first-order chi connectivity index (χ1) is 10.7. The zero-order chi connectivity index (χ0) is 15.4. The number of rotatable bonds is 3. The predicted molar refractivity (Wildman–Crippen MR) is 99.5 cm³/mol. The average molecular weight is 347 g/mol. The van der Waals surface area contributed by atoms with Crippen LogP contribution in [0.15, 0.2) is 52.4 Å². The van der Waals surface area contributed by atoms with Crippen LogP contribution in [0, 0.1) is 6.92 Å². The van der Waals surface area contributed by atoms with E-state index in [1.54, 1.807) is 0 Å². The summed E-state index contributed by atoms with van der Waals surface area (Å²) >= 11 is 10.0. The van der Waals surface area contributed by atoms with Crippen molar-refractivity contribution in [1.82, 2.24) is 0 Å². The van der Waals surface area contributed by atoms with E-state index in [-0.39, 0.29) is 0 Å². The van der Waals surface area contributed by atoms with Gasteiger partial charge < -0.3 is 0 Å². The summed E-state index contributed by atoms with van der Waals surface area (Å²) < 4.78 is 0.402. The molecule has 1 heterocycles. The van der Waals surface area contributed by atoms with E-state index in [1.807, 2.05) is 66.0 Å². The van der Waals surface area contributed by atoms with Crippen molar-refractivity contribution in [3.63, 3.8) is 0 Å². The molecule has 1 aliphatic rings. The summed E-state index contributed by atoms with van der Waals surface area (Å²) in [6.45, 7) is 2.05. The van der Waals surface area contributed by atoms with Gasteiger partial charge in [-0.25, -0.2) is 0 Å². The second-order valence-electron chi connectivity index (χ2n) is 4.94. The summed E-state index contributed by atoms with van der Waals surface area (Å²) in [5.74, 6) is 2.34. The first-order valence-corrected chi connectivity index (χ1v) is 9.46. The molecule has 0 radical (unpaired) electrons. The van der Waals surface area contributed by atoms with Gasteiger partial charge in [-0.2, -0.15) is 9.98 Å². The third-order valence-electron chi connectivity index (χ3n) is 3.25. The second-order valence-corrected chi connectivity index (χ2v) is 8.10. The highest BCUT2D eigenvalue weighted by Crippen LogP contribution is 2.48. The van der Waals surface area contributed by atoms with Gasteiger partial charge in [-0.05, 0) is 37.3 Å². The summed E-state index contributed by atoms with van der Waals surface area (Å²) in [6.07, 6.45) is 0. The molecule has 1 fully saturated rings. The largest absolute Gasteiger partial charge is 0.188 e. The molecule has 5 heteroatoms. The highest BCUT2D eigenvalue weighted by atomic mass is 35.5. The summed E-state index contributed by atoms with van der Waals surface area (Å²) in [5, 5.41) is 0.748. The summed E-state index contributed by atoms with van der Waals surface area (Å²) in [4.78, 5) is 8.68. The molecule has 0 bridgehead atoms. The molecule has 22 heavy (non-hydrogen) atoms. The fourth-order valence-electron chi connectivity index (χ4n) is 2.11. The molecule has 112 valence electrons. The quantitative estimate of drug-likeness (QED) is 0.612. The first-order valence-electron chi connectivity index (χ1n) is 6.98. The smallest absolute Gasteiger partial charge is 0.100 e. The van der Waals surface area contributed by atoms with Gasteiger partial charge in [-0.15, -0.1) is 23.5 Å². The van der Waals surface area contributed by atoms with E-state index in [2.05, 4.69) is 22.9 Å². The van der Waals surface area contributed by atoms with Crippen LogP contribution in [-0.2, 0) is 0 Å². The Labute approximate surface area is 144 Å². The normalized spacial score (nSPS) is 14.6. The van der Waals surface area contributed by atoms with E-state index in [0.29, 0.717) is 4.58 Å². The molecule has 1 saturated heterocycles. The Morgan fingerprint density at radius 1 is 1.05 bits per heavy atom. The fraction of sp³-hybridized carbons (Fsp3) is 0.235. The van der Waals surface area contributed by atoms with Gasteiger partial charge in [-0.3, -0.25) is 0 Å². The topological polar surface area (TPSA) is 24.7 Å². The first kappa shape index (κ1) is 15.7. The van der Waals surface area contributed by atoms with E-state index in [0.717, 1.165) is 22.0 Å². The molecule has 2 aromatic carbocycles. The Kier molecular flexibility index (Phi) is 5.27. The summed E-state index contributed by atoms with van der Waals surface area (Å²) in [7, 11) is 0. The summed E-state index contributed by atoms with van der Waals surface area (Å²) in [6, 6.07) is 16.6. The van der Waals surface area contributed by atoms with Crippen LogP contribution in [0.25, 0.3) is 0 Å². The van der Waals surface area contributed by atoms with Gasteiger partial charge in [0.05, 0.1) is 16.0 Å². The molecular weight excluding hydrogens is 332 g/mol. The zero-order valence-corrected chi connectivity index (χ0v) is 14.5. The van der Waals surface area contributed by atoms with Crippen LogP contribution >= 0.6 is 35.1 Å². The molecule has 0 unspecified atom stereocenters. The second kappa shape index (κ2) is 7.38. The van der Waals surface area contributed by atoms with Crippen molar-refractivity contribution in [1.29, 1.82) is 0 Å². The van der Waals surface area contributed by atoms with E-state index < -0.39 is 0 Å². The van der Waals surface area contributed by atoms with Gasteiger partial charge >= 0.3 is 0 Å². The van der Waals surface area contributed by atoms with Crippen molar-refractivity contribution in [3.8, 4) is 0 Å². The molecule has 2 nitrogen and oxygen atoms in total. The highest BCUT2D eigenvalue weighted by molar-refractivity contribution is 8.19. The highest BCUT2D eigenvalue weighted by Gasteiger charge is 2.21. The molecule has 0 aromatic heterocycles. The van der Waals surface area contributed by atoms with Gasteiger partial charge in [0, 0.05) is 22.1 Å². The number of aliphatic imine (C=N–C) groups is 2. The zero-order valence-electron chi connectivity index (χ0n) is 12.1. The molecule has 0 aliphatic carbocycles. The number of benzene rings is 2. The van der Waals surface area contributed by atoms with E-state index >= 15 is 0 Å². The molecule has 2 aromatic rings.